The molecule has 0 spiro atoms. The van der Waals surface area contributed by atoms with Gasteiger partial charge in [0.15, 0.2) is 0 Å². The first-order valence-electron chi connectivity index (χ1n) is 6.28. The first-order chi connectivity index (χ1) is 8.65. The average molecular weight is 266 g/mol. The zero-order valence-corrected chi connectivity index (χ0v) is 12.1. The number of aromatic nitrogens is 2. The summed E-state index contributed by atoms with van der Waals surface area (Å²) >= 11 is 0. The maximum Gasteiger partial charge on any atom is 0.305 e. The van der Waals surface area contributed by atoms with Gasteiger partial charge in [-0.25, -0.2) is 9.97 Å². The Morgan fingerprint density at radius 1 is 1.37 bits per heavy atom. The standard InChI is InChI=1S/C13H22N4O2/c1-8(6-12(18)19)14-10-7-11(16-9(2)15-10)17-13(3,4)5/h7-8H,6H2,1-5H3,(H,18,19)(H2,14,15,16,17). The van der Waals surface area contributed by atoms with Crippen molar-refractivity contribution in [2.75, 3.05) is 10.6 Å². The molecule has 1 heterocycles. The fraction of sp³-hybridized carbons (Fsp3) is 0.615. The molecule has 0 saturated heterocycles. The van der Waals surface area contributed by atoms with Gasteiger partial charge < -0.3 is 15.7 Å². The van der Waals surface area contributed by atoms with Crippen molar-refractivity contribution in [1.29, 1.82) is 0 Å². The molecule has 6 heteroatoms. The molecular weight excluding hydrogens is 244 g/mol. The lowest BCUT2D eigenvalue weighted by atomic mass is 10.1. The maximum absolute atomic E-state index is 10.6. The SMILES string of the molecule is Cc1nc(NC(C)CC(=O)O)cc(NC(C)(C)C)n1. The van der Waals surface area contributed by atoms with Crippen molar-refractivity contribution in [3.63, 3.8) is 0 Å². The third-order valence-electron chi connectivity index (χ3n) is 2.22. The second kappa shape index (κ2) is 5.86. The van der Waals surface area contributed by atoms with Crippen molar-refractivity contribution in [1.82, 2.24) is 9.97 Å². The molecule has 0 aliphatic rings. The fourth-order valence-electron chi connectivity index (χ4n) is 1.66. The summed E-state index contributed by atoms with van der Waals surface area (Å²) in [4.78, 5) is 19.2. The minimum Gasteiger partial charge on any atom is -0.481 e. The van der Waals surface area contributed by atoms with Gasteiger partial charge in [-0.15, -0.1) is 0 Å². The number of carbonyl (C=O) groups is 1. The molecule has 1 aromatic rings. The van der Waals surface area contributed by atoms with Gasteiger partial charge in [-0.05, 0) is 34.6 Å². The molecule has 0 aliphatic heterocycles. The van der Waals surface area contributed by atoms with E-state index < -0.39 is 5.97 Å². The summed E-state index contributed by atoms with van der Waals surface area (Å²) in [6.45, 7) is 9.75. The molecule has 0 bridgehead atoms. The van der Waals surface area contributed by atoms with Crippen LogP contribution in [-0.4, -0.2) is 32.6 Å². The number of aliphatic carboxylic acids is 1. The topological polar surface area (TPSA) is 87.1 Å². The summed E-state index contributed by atoms with van der Waals surface area (Å²) in [7, 11) is 0. The van der Waals surface area contributed by atoms with Crippen LogP contribution in [0.3, 0.4) is 0 Å². The highest BCUT2D eigenvalue weighted by Gasteiger charge is 2.13. The van der Waals surface area contributed by atoms with E-state index in [0.717, 1.165) is 5.82 Å². The van der Waals surface area contributed by atoms with Crippen LogP contribution >= 0.6 is 0 Å². The second-order valence-corrected chi connectivity index (χ2v) is 5.70. The summed E-state index contributed by atoms with van der Waals surface area (Å²) in [6.07, 6.45) is 0.0467. The number of hydrogen-bond acceptors (Lipinski definition) is 5. The zero-order chi connectivity index (χ0) is 14.6. The first-order valence-corrected chi connectivity index (χ1v) is 6.28. The molecule has 0 fully saturated rings. The van der Waals surface area contributed by atoms with Gasteiger partial charge in [0.25, 0.3) is 0 Å². The Bertz CT molecular complexity index is 454. The number of carboxylic acid groups (broad SMARTS) is 1. The average Bonchev–Trinajstić information content (AvgIpc) is 2.10. The number of nitrogens with one attached hydrogen (secondary N) is 2. The van der Waals surface area contributed by atoms with Gasteiger partial charge in [0.1, 0.15) is 17.5 Å². The van der Waals surface area contributed by atoms with E-state index in [4.69, 9.17) is 5.11 Å². The van der Waals surface area contributed by atoms with Crippen LogP contribution < -0.4 is 10.6 Å². The van der Waals surface area contributed by atoms with E-state index in [2.05, 4.69) is 20.6 Å². The van der Waals surface area contributed by atoms with E-state index in [0.29, 0.717) is 11.6 Å². The molecular formula is C13H22N4O2. The Morgan fingerprint density at radius 3 is 2.47 bits per heavy atom. The van der Waals surface area contributed by atoms with Gasteiger partial charge in [-0.1, -0.05) is 0 Å². The molecule has 106 valence electrons. The van der Waals surface area contributed by atoms with Crippen LogP contribution in [0.15, 0.2) is 6.07 Å². The van der Waals surface area contributed by atoms with Crippen molar-refractivity contribution < 1.29 is 9.90 Å². The monoisotopic (exact) mass is 266 g/mol. The highest BCUT2D eigenvalue weighted by atomic mass is 16.4. The molecule has 1 aromatic heterocycles. The van der Waals surface area contributed by atoms with E-state index in [1.165, 1.54) is 0 Å². The Labute approximate surface area is 113 Å². The van der Waals surface area contributed by atoms with Gasteiger partial charge in [-0.3, -0.25) is 4.79 Å². The minimum absolute atomic E-state index is 0.0467. The number of carboxylic acids is 1. The van der Waals surface area contributed by atoms with Crippen molar-refractivity contribution in [2.24, 2.45) is 0 Å². The molecule has 0 radical (unpaired) electrons. The summed E-state index contributed by atoms with van der Waals surface area (Å²) in [5, 5.41) is 15.1. The van der Waals surface area contributed by atoms with Crippen LogP contribution in [0.5, 0.6) is 0 Å². The Hall–Kier alpha value is -1.85. The molecule has 1 atom stereocenters. The molecule has 3 N–H and O–H groups in total. The lowest BCUT2D eigenvalue weighted by Crippen LogP contribution is -2.27. The van der Waals surface area contributed by atoms with Crippen LogP contribution in [0.2, 0.25) is 0 Å². The predicted molar refractivity (Wildman–Crippen MR) is 75.5 cm³/mol. The number of anilines is 2. The first kappa shape index (κ1) is 15.2. The number of rotatable bonds is 5. The molecule has 6 nitrogen and oxygen atoms in total. The Morgan fingerprint density at radius 2 is 1.95 bits per heavy atom. The second-order valence-electron chi connectivity index (χ2n) is 5.70. The lowest BCUT2D eigenvalue weighted by molar-refractivity contribution is -0.137. The van der Waals surface area contributed by atoms with Crippen LogP contribution in [0.25, 0.3) is 0 Å². The molecule has 0 aliphatic carbocycles. The summed E-state index contributed by atoms with van der Waals surface area (Å²) in [6, 6.07) is 1.60. The number of nitrogens with zero attached hydrogens (tertiary/aromatic N) is 2. The minimum atomic E-state index is -0.834. The highest BCUT2D eigenvalue weighted by Crippen LogP contribution is 2.16. The van der Waals surface area contributed by atoms with Crippen LogP contribution in [0.4, 0.5) is 11.6 Å². The Kier molecular flexibility index (Phi) is 4.69. The maximum atomic E-state index is 10.6. The van der Waals surface area contributed by atoms with Crippen LogP contribution in [-0.2, 0) is 4.79 Å². The summed E-state index contributed by atoms with van der Waals surface area (Å²) in [5.74, 6) is 1.16. The predicted octanol–water partition coefficient (Wildman–Crippen LogP) is 2.27. The van der Waals surface area contributed by atoms with E-state index >= 15 is 0 Å². The van der Waals surface area contributed by atoms with Crippen LogP contribution in [0.1, 0.15) is 39.9 Å². The Balaban J connectivity index is 2.82. The van der Waals surface area contributed by atoms with E-state index in [-0.39, 0.29) is 18.0 Å². The van der Waals surface area contributed by atoms with Crippen molar-refractivity contribution in [2.45, 2.75) is 52.6 Å². The quantitative estimate of drug-likeness (QED) is 0.758. The fourth-order valence-corrected chi connectivity index (χ4v) is 1.66. The van der Waals surface area contributed by atoms with E-state index in [1.54, 1.807) is 13.0 Å². The third kappa shape index (κ3) is 6.03. The third-order valence-corrected chi connectivity index (χ3v) is 2.22. The van der Waals surface area contributed by atoms with E-state index in [9.17, 15) is 4.79 Å². The molecule has 0 amide bonds. The number of aryl methyl sites for hydroxylation is 1. The lowest BCUT2D eigenvalue weighted by Gasteiger charge is -2.22. The van der Waals surface area contributed by atoms with Gasteiger partial charge in [0.2, 0.25) is 0 Å². The van der Waals surface area contributed by atoms with Crippen molar-refractivity contribution in [3.8, 4) is 0 Å². The van der Waals surface area contributed by atoms with Crippen LogP contribution in [0, 0.1) is 6.92 Å². The largest absolute Gasteiger partial charge is 0.481 e. The highest BCUT2D eigenvalue weighted by molar-refractivity contribution is 5.68. The molecule has 0 aromatic carbocycles. The smallest absolute Gasteiger partial charge is 0.305 e. The molecule has 1 rings (SSSR count). The van der Waals surface area contributed by atoms with Crippen molar-refractivity contribution >= 4 is 17.6 Å². The molecule has 1 unspecified atom stereocenters. The molecule has 19 heavy (non-hydrogen) atoms. The van der Waals surface area contributed by atoms with Gasteiger partial charge in [0, 0.05) is 17.6 Å². The zero-order valence-electron chi connectivity index (χ0n) is 12.1. The van der Waals surface area contributed by atoms with E-state index in [1.807, 2.05) is 27.7 Å². The van der Waals surface area contributed by atoms with Gasteiger partial charge >= 0.3 is 5.97 Å². The number of hydrogen-bond donors (Lipinski definition) is 3. The van der Waals surface area contributed by atoms with Gasteiger partial charge in [-0.2, -0.15) is 0 Å². The normalized spacial score (nSPS) is 12.9. The van der Waals surface area contributed by atoms with Gasteiger partial charge in [0.05, 0.1) is 6.42 Å². The summed E-state index contributed by atoms with van der Waals surface area (Å²) < 4.78 is 0. The summed E-state index contributed by atoms with van der Waals surface area (Å²) in [5.41, 5.74) is -0.0925. The molecule has 0 saturated carbocycles. The van der Waals surface area contributed by atoms with Crippen molar-refractivity contribution in [3.05, 3.63) is 11.9 Å².